The zero-order valence-electron chi connectivity index (χ0n) is 14.1. The van der Waals surface area contributed by atoms with Gasteiger partial charge in [0, 0.05) is 18.9 Å². The lowest BCUT2D eigenvalue weighted by atomic mass is 10.0. The Kier molecular flexibility index (Phi) is 5.28. The van der Waals surface area contributed by atoms with E-state index in [1.807, 2.05) is 30.3 Å². The van der Waals surface area contributed by atoms with E-state index < -0.39 is 6.04 Å². The van der Waals surface area contributed by atoms with Gasteiger partial charge in [0.1, 0.15) is 11.8 Å². The molecule has 25 heavy (non-hydrogen) atoms. The number of carbonyl (C=O) groups is 2. The fraction of sp³-hybridized carbons (Fsp3) is 0.316. The van der Waals surface area contributed by atoms with Gasteiger partial charge in [0.25, 0.3) is 5.91 Å². The Hall–Kier alpha value is -2.89. The summed E-state index contributed by atoms with van der Waals surface area (Å²) in [6.07, 6.45) is 5.43. The van der Waals surface area contributed by atoms with E-state index in [0.29, 0.717) is 24.9 Å². The summed E-state index contributed by atoms with van der Waals surface area (Å²) >= 11 is 0. The number of pyridine rings is 1. The van der Waals surface area contributed by atoms with Crippen LogP contribution in [0.2, 0.25) is 0 Å². The predicted octanol–water partition coefficient (Wildman–Crippen LogP) is 1.69. The Morgan fingerprint density at radius 2 is 2.20 bits per heavy atom. The van der Waals surface area contributed by atoms with Crippen LogP contribution in [0.5, 0.6) is 5.75 Å². The average molecular weight is 339 g/mol. The highest BCUT2D eigenvalue weighted by molar-refractivity contribution is 5.97. The molecule has 2 N–H and O–H groups in total. The first-order chi connectivity index (χ1) is 12.2. The number of rotatable bonds is 5. The first-order valence-corrected chi connectivity index (χ1v) is 8.31. The SMILES string of the molecule is COc1cccc(Cc2cncc(C(=O)N[C@@H]3CCCNC3=O)c2)c1. The number of piperidine rings is 1. The first kappa shape index (κ1) is 17.0. The molecule has 0 saturated carbocycles. The monoisotopic (exact) mass is 339 g/mol. The molecule has 1 aliphatic heterocycles. The molecule has 3 rings (SSSR count). The number of hydrogen-bond donors (Lipinski definition) is 2. The highest BCUT2D eigenvalue weighted by Crippen LogP contribution is 2.16. The van der Waals surface area contributed by atoms with Crippen molar-refractivity contribution in [2.45, 2.75) is 25.3 Å². The number of amides is 2. The molecule has 1 aromatic heterocycles. The van der Waals surface area contributed by atoms with Crippen molar-refractivity contribution in [3.8, 4) is 5.75 Å². The quantitative estimate of drug-likeness (QED) is 0.869. The minimum absolute atomic E-state index is 0.125. The number of benzene rings is 1. The molecule has 0 spiro atoms. The van der Waals surface area contributed by atoms with Crippen molar-refractivity contribution in [3.05, 3.63) is 59.4 Å². The summed E-state index contributed by atoms with van der Waals surface area (Å²) in [6.45, 7) is 0.669. The largest absolute Gasteiger partial charge is 0.497 e. The van der Waals surface area contributed by atoms with Gasteiger partial charge in [-0.1, -0.05) is 12.1 Å². The maximum Gasteiger partial charge on any atom is 0.253 e. The first-order valence-electron chi connectivity index (χ1n) is 8.31. The second kappa shape index (κ2) is 7.79. The summed E-state index contributed by atoms with van der Waals surface area (Å²) in [5, 5.41) is 5.55. The van der Waals surface area contributed by atoms with Crippen LogP contribution in [-0.2, 0) is 11.2 Å². The summed E-state index contributed by atoms with van der Waals surface area (Å²) < 4.78 is 5.23. The van der Waals surface area contributed by atoms with Crippen molar-refractivity contribution in [2.24, 2.45) is 0 Å². The predicted molar refractivity (Wildman–Crippen MR) is 93.5 cm³/mol. The Morgan fingerprint density at radius 3 is 3.00 bits per heavy atom. The van der Waals surface area contributed by atoms with Crippen LogP contribution in [0.15, 0.2) is 42.7 Å². The molecule has 2 heterocycles. The van der Waals surface area contributed by atoms with E-state index >= 15 is 0 Å². The molecule has 0 bridgehead atoms. The fourth-order valence-corrected chi connectivity index (χ4v) is 2.88. The van der Waals surface area contributed by atoms with Gasteiger partial charge in [-0.15, -0.1) is 0 Å². The molecule has 130 valence electrons. The van der Waals surface area contributed by atoms with Gasteiger partial charge in [-0.05, 0) is 48.6 Å². The third kappa shape index (κ3) is 4.35. The van der Waals surface area contributed by atoms with Gasteiger partial charge in [-0.3, -0.25) is 14.6 Å². The number of aromatic nitrogens is 1. The van der Waals surface area contributed by atoms with Gasteiger partial charge < -0.3 is 15.4 Å². The minimum Gasteiger partial charge on any atom is -0.497 e. The van der Waals surface area contributed by atoms with Crippen LogP contribution in [0, 0.1) is 0 Å². The lowest BCUT2D eigenvalue weighted by Crippen LogP contribution is -2.50. The lowest BCUT2D eigenvalue weighted by molar-refractivity contribution is -0.124. The minimum atomic E-state index is -0.469. The average Bonchev–Trinajstić information content (AvgIpc) is 2.64. The van der Waals surface area contributed by atoms with E-state index in [1.54, 1.807) is 13.3 Å². The third-order valence-corrected chi connectivity index (χ3v) is 4.19. The van der Waals surface area contributed by atoms with Crippen LogP contribution in [0.4, 0.5) is 0 Å². The van der Waals surface area contributed by atoms with Crippen molar-refractivity contribution in [1.29, 1.82) is 0 Å². The van der Waals surface area contributed by atoms with E-state index in [9.17, 15) is 9.59 Å². The van der Waals surface area contributed by atoms with Crippen LogP contribution in [0.1, 0.15) is 34.3 Å². The number of hydrogen-bond acceptors (Lipinski definition) is 4. The van der Waals surface area contributed by atoms with Crippen molar-refractivity contribution in [1.82, 2.24) is 15.6 Å². The van der Waals surface area contributed by atoms with Crippen LogP contribution < -0.4 is 15.4 Å². The Balaban J connectivity index is 1.70. The Bertz CT molecular complexity index is 776. The molecule has 6 heteroatoms. The molecule has 1 aromatic carbocycles. The van der Waals surface area contributed by atoms with Crippen molar-refractivity contribution < 1.29 is 14.3 Å². The molecule has 0 aliphatic carbocycles. The molecule has 1 fully saturated rings. The second-order valence-electron chi connectivity index (χ2n) is 6.07. The molecule has 1 aliphatic rings. The summed E-state index contributed by atoms with van der Waals surface area (Å²) in [5.41, 5.74) is 2.46. The number of carbonyl (C=O) groups excluding carboxylic acids is 2. The van der Waals surface area contributed by atoms with Gasteiger partial charge >= 0.3 is 0 Å². The summed E-state index contributed by atoms with van der Waals surface area (Å²) in [7, 11) is 1.63. The zero-order valence-corrected chi connectivity index (χ0v) is 14.1. The topological polar surface area (TPSA) is 80.3 Å². The molecular weight excluding hydrogens is 318 g/mol. The highest BCUT2D eigenvalue weighted by atomic mass is 16.5. The lowest BCUT2D eigenvalue weighted by Gasteiger charge is -2.22. The summed E-state index contributed by atoms with van der Waals surface area (Å²) in [6, 6.07) is 9.12. The van der Waals surface area contributed by atoms with E-state index in [-0.39, 0.29) is 11.8 Å². The molecule has 6 nitrogen and oxygen atoms in total. The fourth-order valence-electron chi connectivity index (χ4n) is 2.88. The zero-order chi connectivity index (χ0) is 17.6. The highest BCUT2D eigenvalue weighted by Gasteiger charge is 2.24. The standard InChI is InChI=1S/C19H21N3O3/c1-25-16-5-2-4-13(10-16)8-14-9-15(12-20-11-14)18(23)22-17-6-3-7-21-19(17)24/h2,4-5,9-12,17H,3,6-8H2,1H3,(H,21,24)(H,22,23)/t17-/m1/s1. The molecule has 2 aromatic rings. The van der Waals surface area contributed by atoms with Crippen LogP contribution in [0.25, 0.3) is 0 Å². The molecule has 1 atom stereocenters. The normalized spacial score (nSPS) is 16.8. The van der Waals surface area contributed by atoms with E-state index in [2.05, 4.69) is 15.6 Å². The van der Waals surface area contributed by atoms with Gasteiger partial charge in [-0.25, -0.2) is 0 Å². The number of methoxy groups -OCH3 is 1. The number of nitrogens with zero attached hydrogens (tertiary/aromatic N) is 1. The van der Waals surface area contributed by atoms with Gasteiger partial charge in [0.05, 0.1) is 12.7 Å². The molecular formula is C19H21N3O3. The maximum absolute atomic E-state index is 12.4. The van der Waals surface area contributed by atoms with Crippen molar-refractivity contribution in [3.63, 3.8) is 0 Å². The Labute approximate surface area is 146 Å². The molecule has 0 radical (unpaired) electrons. The molecule has 1 saturated heterocycles. The van der Waals surface area contributed by atoms with E-state index in [1.165, 1.54) is 6.20 Å². The van der Waals surface area contributed by atoms with Gasteiger partial charge in [-0.2, -0.15) is 0 Å². The summed E-state index contributed by atoms with van der Waals surface area (Å²) in [5.74, 6) is 0.393. The van der Waals surface area contributed by atoms with Crippen LogP contribution in [-0.4, -0.2) is 36.5 Å². The van der Waals surface area contributed by atoms with Gasteiger partial charge in [0.15, 0.2) is 0 Å². The van der Waals surface area contributed by atoms with Gasteiger partial charge in [0.2, 0.25) is 5.91 Å². The van der Waals surface area contributed by atoms with Crippen LogP contribution in [0.3, 0.4) is 0 Å². The molecule has 0 unspecified atom stereocenters. The van der Waals surface area contributed by atoms with Crippen LogP contribution >= 0.6 is 0 Å². The van der Waals surface area contributed by atoms with Crippen molar-refractivity contribution in [2.75, 3.05) is 13.7 Å². The number of nitrogens with one attached hydrogen (secondary N) is 2. The summed E-state index contributed by atoms with van der Waals surface area (Å²) in [4.78, 5) is 28.4. The molecule has 2 amide bonds. The second-order valence-corrected chi connectivity index (χ2v) is 6.07. The Morgan fingerprint density at radius 1 is 1.32 bits per heavy atom. The smallest absolute Gasteiger partial charge is 0.253 e. The maximum atomic E-state index is 12.4. The number of ether oxygens (including phenoxy) is 1. The van der Waals surface area contributed by atoms with E-state index in [4.69, 9.17) is 4.74 Å². The van der Waals surface area contributed by atoms with E-state index in [0.717, 1.165) is 23.3 Å². The van der Waals surface area contributed by atoms with Crippen molar-refractivity contribution >= 4 is 11.8 Å². The third-order valence-electron chi connectivity index (χ3n) is 4.19.